The van der Waals surface area contributed by atoms with Crippen LogP contribution in [0.2, 0.25) is 0 Å². The maximum atomic E-state index is 11.8. The van der Waals surface area contributed by atoms with Crippen molar-refractivity contribution in [2.45, 2.75) is 6.92 Å². The number of benzene rings is 1. The Morgan fingerprint density at radius 3 is 2.67 bits per heavy atom. The van der Waals surface area contributed by atoms with Crippen LogP contribution in [0.4, 0.5) is 0 Å². The first-order chi connectivity index (χ1) is 8.60. The molecule has 0 heterocycles. The fraction of sp³-hybridized carbons (Fsp3) is 0.333. The molecule has 0 saturated carbocycles. The van der Waals surface area contributed by atoms with Crippen molar-refractivity contribution in [1.82, 2.24) is 0 Å². The molecule has 0 radical (unpaired) electrons. The molecule has 5 nitrogen and oxygen atoms in total. The number of hydrogen-bond donors (Lipinski definition) is 0. The summed E-state index contributed by atoms with van der Waals surface area (Å²) in [5.74, 6) is -1.37. The fourth-order valence-corrected chi connectivity index (χ4v) is 1.57. The lowest BCUT2D eigenvalue weighted by Gasteiger charge is -2.10. The second kappa shape index (κ2) is 7.13. The van der Waals surface area contributed by atoms with Crippen LogP contribution in [0, 0.1) is 0 Å². The standard InChI is InChI=1S/C12H13BrO5/c1-3-17-12(15)11(14)9-5-4-8(13)6-10(9)18-7-16-2/h4-6H,3,7H2,1-2H3. The zero-order chi connectivity index (χ0) is 13.5. The molecule has 0 fully saturated rings. The molecule has 0 aliphatic rings. The number of ketones is 1. The van der Waals surface area contributed by atoms with Gasteiger partial charge in [0.1, 0.15) is 5.75 Å². The highest BCUT2D eigenvalue weighted by Crippen LogP contribution is 2.24. The van der Waals surface area contributed by atoms with Gasteiger partial charge in [-0.3, -0.25) is 4.79 Å². The number of esters is 1. The molecule has 6 heteroatoms. The minimum Gasteiger partial charge on any atom is -0.467 e. The SMILES string of the molecule is CCOC(=O)C(=O)c1ccc(Br)cc1OCOC. The van der Waals surface area contributed by atoms with E-state index in [9.17, 15) is 9.59 Å². The van der Waals surface area contributed by atoms with Crippen LogP contribution >= 0.6 is 15.9 Å². The third-order valence-electron chi connectivity index (χ3n) is 1.98. The van der Waals surface area contributed by atoms with E-state index >= 15 is 0 Å². The number of Topliss-reactive ketones (excluding diaryl/α,β-unsaturated/α-hetero) is 1. The van der Waals surface area contributed by atoms with Crippen molar-refractivity contribution in [3.8, 4) is 5.75 Å². The van der Waals surface area contributed by atoms with Crippen molar-refractivity contribution in [1.29, 1.82) is 0 Å². The molecule has 0 aromatic heterocycles. The molecule has 0 atom stereocenters. The van der Waals surface area contributed by atoms with Gasteiger partial charge in [-0.1, -0.05) is 15.9 Å². The van der Waals surface area contributed by atoms with Crippen molar-refractivity contribution in [2.75, 3.05) is 20.5 Å². The van der Waals surface area contributed by atoms with Crippen LogP contribution in [0.5, 0.6) is 5.75 Å². The third-order valence-corrected chi connectivity index (χ3v) is 2.47. The highest BCUT2D eigenvalue weighted by Gasteiger charge is 2.21. The van der Waals surface area contributed by atoms with E-state index < -0.39 is 11.8 Å². The van der Waals surface area contributed by atoms with E-state index in [4.69, 9.17) is 9.47 Å². The van der Waals surface area contributed by atoms with Gasteiger partial charge in [-0.2, -0.15) is 0 Å². The Labute approximate surface area is 113 Å². The lowest BCUT2D eigenvalue weighted by atomic mass is 10.1. The van der Waals surface area contributed by atoms with Crippen LogP contribution in [0.1, 0.15) is 17.3 Å². The first-order valence-corrected chi connectivity index (χ1v) is 6.02. The minimum atomic E-state index is -0.901. The molecule has 0 N–H and O–H groups in total. The molecule has 1 aromatic rings. The van der Waals surface area contributed by atoms with Crippen LogP contribution in [0.25, 0.3) is 0 Å². The first-order valence-electron chi connectivity index (χ1n) is 5.22. The average Bonchev–Trinajstić information content (AvgIpc) is 2.36. The predicted octanol–water partition coefficient (Wildman–Crippen LogP) is 2.18. The van der Waals surface area contributed by atoms with E-state index in [0.717, 1.165) is 4.47 Å². The second-order valence-corrected chi connectivity index (χ2v) is 4.16. The second-order valence-electron chi connectivity index (χ2n) is 3.24. The summed E-state index contributed by atoms with van der Waals surface area (Å²) in [4.78, 5) is 23.2. The maximum Gasteiger partial charge on any atom is 0.379 e. The van der Waals surface area contributed by atoms with Crippen molar-refractivity contribution in [3.63, 3.8) is 0 Å². The summed E-state index contributed by atoms with van der Waals surface area (Å²) in [6, 6.07) is 4.73. The molecule has 98 valence electrons. The van der Waals surface area contributed by atoms with Crippen molar-refractivity contribution < 1.29 is 23.8 Å². The fourth-order valence-electron chi connectivity index (χ4n) is 1.23. The van der Waals surface area contributed by atoms with E-state index in [0.29, 0.717) is 0 Å². The molecule has 0 spiro atoms. The Hall–Kier alpha value is -1.40. The summed E-state index contributed by atoms with van der Waals surface area (Å²) >= 11 is 3.26. The number of hydrogen-bond acceptors (Lipinski definition) is 5. The zero-order valence-electron chi connectivity index (χ0n) is 10.1. The average molecular weight is 317 g/mol. The van der Waals surface area contributed by atoms with Crippen LogP contribution in [0.15, 0.2) is 22.7 Å². The van der Waals surface area contributed by atoms with Gasteiger partial charge in [0.2, 0.25) is 0 Å². The van der Waals surface area contributed by atoms with Crippen molar-refractivity contribution in [2.24, 2.45) is 0 Å². The lowest BCUT2D eigenvalue weighted by Crippen LogP contribution is -2.18. The summed E-state index contributed by atoms with van der Waals surface area (Å²) in [5.41, 5.74) is 0.147. The quantitative estimate of drug-likeness (QED) is 0.348. The number of halogens is 1. The molecule has 1 aromatic carbocycles. The number of ether oxygens (including phenoxy) is 3. The Kier molecular flexibility index (Phi) is 5.80. The summed E-state index contributed by atoms with van der Waals surface area (Å²) in [6.45, 7) is 1.77. The van der Waals surface area contributed by atoms with E-state index in [1.165, 1.54) is 13.2 Å². The van der Waals surface area contributed by atoms with Crippen LogP contribution in [-0.4, -0.2) is 32.3 Å². The lowest BCUT2D eigenvalue weighted by molar-refractivity contribution is -0.137. The normalized spacial score (nSPS) is 9.94. The molecule has 18 heavy (non-hydrogen) atoms. The number of carbonyl (C=O) groups excluding carboxylic acids is 2. The van der Waals surface area contributed by atoms with E-state index in [2.05, 4.69) is 20.7 Å². The van der Waals surface area contributed by atoms with Gasteiger partial charge < -0.3 is 14.2 Å². The van der Waals surface area contributed by atoms with E-state index in [-0.39, 0.29) is 24.7 Å². The Balaban J connectivity index is 2.99. The molecule has 0 bridgehead atoms. The van der Waals surface area contributed by atoms with Gasteiger partial charge in [-0.15, -0.1) is 0 Å². The van der Waals surface area contributed by atoms with Gasteiger partial charge >= 0.3 is 5.97 Å². The smallest absolute Gasteiger partial charge is 0.379 e. The molecular weight excluding hydrogens is 304 g/mol. The van der Waals surface area contributed by atoms with E-state index in [1.807, 2.05) is 0 Å². The Morgan fingerprint density at radius 2 is 2.06 bits per heavy atom. The topological polar surface area (TPSA) is 61.8 Å². The van der Waals surface area contributed by atoms with Crippen LogP contribution < -0.4 is 4.74 Å². The Bertz CT molecular complexity index is 444. The van der Waals surface area contributed by atoms with Crippen LogP contribution in [0.3, 0.4) is 0 Å². The molecule has 0 aliphatic carbocycles. The van der Waals surface area contributed by atoms with Gasteiger partial charge in [0.05, 0.1) is 12.2 Å². The monoisotopic (exact) mass is 316 g/mol. The molecule has 0 saturated heterocycles. The van der Waals surface area contributed by atoms with Gasteiger partial charge in [0.15, 0.2) is 6.79 Å². The molecule has 1 rings (SSSR count). The molecule has 0 unspecified atom stereocenters. The summed E-state index contributed by atoms with van der Waals surface area (Å²) in [6.07, 6.45) is 0. The Morgan fingerprint density at radius 1 is 1.33 bits per heavy atom. The summed E-state index contributed by atoms with van der Waals surface area (Å²) in [5, 5.41) is 0. The summed E-state index contributed by atoms with van der Waals surface area (Å²) < 4.78 is 15.4. The number of rotatable bonds is 6. The minimum absolute atomic E-state index is 0.0143. The van der Waals surface area contributed by atoms with Crippen molar-refractivity contribution in [3.05, 3.63) is 28.2 Å². The molecular formula is C12H13BrO5. The van der Waals surface area contributed by atoms with Gasteiger partial charge in [0.25, 0.3) is 5.78 Å². The molecule has 0 aliphatic heterocycles. The number of carbonyl (C=O) groups is 2. The van der Waals surface area contributed by atoms with Crippen molar-refractivity contribution >= 4 is 27.7 Å². The largest absolute Gasteiger partial charge is 0.467 e. The third kappa shape index (κ3) is 3.82. The first kappa shape index (κ1) is 14.7. The molecule has 0 amide bonds. The predicted molar refractivity (Wildman–Crippen MR) is 67.6 cm³/mol. The summed E-state index contributed by atoms with van der Waals surface area (Å²) in [7, 11) is 1.46. The van der Waals surface area contributed by atoms with Gasteiger partial charge in [0, 0.05) is 11.6 Å². The maximum absolute atomic E-state index is 11.8. The highest BCUT2D eigenvalue weighted by molar-refractivity contribution is 9.10. The number of methoxy groups -OCH3 is 1. The van der Waals surface area contributed by atoms with Gasteiger partial charge in [-0.05, 0) is 25.1 Å². The highest BCUT2D eigenvalue weighted by atomic mass is 79.9. The zero-order valence-corrected chi connectivity index (χ0v) is 11.7. The van der Waals surface area contributed by atoms with Crippen LogP contribution in [-0.2, 0) is 14.3 Å². The van der Waals surface area contributed by atoms with Gasteiger partial charge in [-0.25, -0.2) is 4.79 Å². The van der Waals surface area contributed by atoms with E-state index in [1.54, 1.807) is 19.1 Å².